The van der Waals surface area contributed by atoms with Crippen molar-refractivity contribution in [3.05, 3.63) is 57.0 Å². The van der Waals surface area contributed by atoms with Gasteiger partial charge in [-0.3, -0.25) is 4.79 Å². The number of hydrogen-bond donors (Lipinski definition) is 1. The molecule has 4 nitrogen and oxygen atoms in total. The Morgan fingerprint density at radius 2 is 1.96 bits per heavy atom. The number of fused-ring (bicyclic) bond motifs is 1. The lowest BCUT2D eigenvalue weighted by Gasteiger charge is -2.09. The van der Waals surface area contributed by atoms with Crippen LogP contribution in [0.4, 0.5) is 18.2 Å². The summed E-state index contributed by atoms with van der Waals surface area (Å²) in [4.78, 5) is 13.5. The first-order valence-electron chi connectivity index (χ1n) is 8.48. The van der Waals surface area contributed by atoms with Crippen LogP contribution in [0.1, 0.15) is 40.0 Å². The maximum absolute atomic E-state index is 12.8. The zero-order valence-corrected chi connectivity index (χ0v) is 15.4. The molecule has 1 aliphatic rings. The number of carbonyl (C=O) groups is 1. The van der Waals surface area contributed by atoms with Gasteiger partial charge in [-0.25, -0.2) is 0 Å². The van der Waals surface area contributed by atoms with Crippen molar-refractivity contribution in [1.82, 2.24) is 0 Å². The van der Waals surface area contributed by atoms with Gasteiger partial charge in [-0.05, 0) is 55.0 Å². The summed E-state index contributed by atoms with van der Waals surface area (Å²) in [6.45, 7) is 0. The highest BCUT2D eigenvalue weighted by atomic mass is 32.1. The third kappa shape index (κ3) is 4.08. The molecule has 3 rings (SSSR count). The number of anilines is 1. The molecule has 1 aromatic heterocycles. The van der Waals surface area contributed by atoms with Crippen LogP contribution in [0.15, 0.2) is 29.8 Å². The van der Waals surface area contributed by atoms with E-state index in [1.807, 2.05) is 0 Å². The second-order valence-electron chi connectivity index (χ2n) is 6.27. The average molecular weight is 401 g/mol. The maximum atomic E-state index is 12.8. The lowest BCUT2D eigenvalue weighted by Crippen LogP contribution is -2.13. The molecule has 0 atom stereocenters. The Morgan fingerprint density at radius 1 is 1.21 bits per heavy atom. The van der Waals surface area contributed by atoms with E-state index >= 15 is 0 Å². The molecule has 0 aliphatic heterocycles. The van der Waals surface area contributed by atoms with E-state index in [0.717, 1.165) is 54.3 Å². The quantitative estimate of drug-likeness (QED) is 0.577. The summed E-state index contributed by atoms with van der Waals surface area (Å²) < 4.78 is 38.5. The molecule has 1 aliphatic carbocycles. The van der Waals surface area contributed by atoms with E-state index in [9.17, 15) is 28.5 Å². The molecule has 0 fully saturated rings. The molecule has 0 bridgehead atoms. The number of nitrogens with zero attached hydrogens (tertiary/aromatic N) is 2. The summed E-state index contributed by atoms with van der Waals surface area (Å²) in [6, 6.07) is 8.20. The fraction of sp³-hybridized carbons (Fsp3) is 0.250. The van der Waals surface area contributed by atoms with Crippen molar-refractivity contribution < 1.29 is 18.0 Å². The standard InChI is InChI=1S/C20H14F3N3OS/c21-20(22,23)14-5-3-4-12(9-14)8-13(10-24)18(27)26-19-16(11-25)15-6-1-2-7-17(15)28-19/h3-5,8-9H,1-2,6-7H2,(H,26,27)/b13-8+. The number of nitrogens with one attached hydrogen (secondary N) is 1. The number of nitriles is 2. The Morgan fingerprint density at radius 3 is 2.64 bits per heavy atom. The summed E-state index contributed by atoms with van der Waals surface area (Å²) in [5.41, 5.74) is 0.234. The molecular formula is C20H14F3N3OS. The van der Waals surface area contributed by atoms with Gasteiger partial charge in [-0.2, -0.15) is 23.7 Å². The van der Waals surface area contributed by atoms with Gasteiger partial charge in [-0.15, -0.1) is 11.3 Å². The van der Waals surface area contributed by atoms with Gasteiger partial charge >= 0.3 is 6.18 Å². The van der Waals surface area contributed by atoms with E-state index in [4.69, 9.17) is 0 Å². The SMILES string of the molecule is N#C/C(=C\c1cccc(C(F)(F)F)c1)C(=O)Nc1sc2c(c1C#N)CCCC2. The maximum Gasteiger partial charge on any atom is 0.416 e. The molecular weight excluding hydrogens is 387 g/mol. The van der Waals surface area contributed by atoms with Crippen LogP contribution in [0.2, 0.25) is 0 Å². The Hall–Kier alpha value is -3.10. The Balaban J connectivity index is 1.88. The number of thiophene rings is 1. The first-order chi connectivity index (χ1) is 13.3. The molecule has 0 saturated carbocycles. The average Bonchev–Trinajstić information content (AvgIpc) is 3.02. The number of aryl methyl sites for hydroxylation is 1. The first kappa shape index (κ1) is 19.7. The van der Waals surface area contributed by atoms with E-state index in [2.05, 4.69) is 11.4 Å². The molecule has 1 heterocycles. The monoisotopic (exact) mass is 401 g/mol. The zero-order valence-electron chi connectivity index (χ0n) is 14.6. The van der Waals surface area contributed by atoms with E-state index in [1.54, 1.807) is 6.07 Å². The first-order valence-corrected chi connectivity index (χ1v) is 9.30. The Kier molecular flexibility index (Phi) is 5.53. The fourth-order valence-electron chi connectivity index (χ4n) is 3.06. The van der Waals surface area contributed by atoms with Crippen LogP contribution in [-0.4, -0.2) is 5.91 Å². The topological polar surface area (TPSA) is 76.7 Å². The summed E-state index contributed by atoms with van der Waals surface area (Å²) in [5, 5.41) is 21.7. The van der Waals surface area contributed by atoms with E-state index in [1.165, 1.54) is 23.5 Å². The number of carbonyl (C=O) groups excluding carboxylic acids is 1. The molecule has 28 heavy (non-hydrogen) atoms. The van der Waals surface area contributed by atoms with E-state index < -0.39 is 17.6 Å². The van der Waals surface area contributed by atoms with Crippen molar-refractivity contribution in [3.63, 3.8) is 0 Å². The van der Waals surface area contributed by atoms with E-state index in [-0.39, 0.29) is 11.1 Å². The van der Waals surface area contributed by atoms with Crippen LogP contribution in [0.25, 0.3) is 6.08 Å². The third-order valence-electron chi connectivity index (χ3n) is 4.40. The predicted octanol–water partition coefficient (Wildman–Crippen LogP) is 5.06. The van der Waals surface area contributed by atoms with Gasteiger partial charge < -0.3 is 5.32 Å². The van der Waals surface area contributed by atoms with Crippen LogP contribution in [0.5, 0.6) is 0 Å². The molecule has 1 aromatic carbocycles. The van der Waals surface area contributed by atoms with Crippen LogP contribution in [0, 0.1) is 22.7 Å². The van der Waals surface area contributed by atoms with Gasteiger partial charge in [0.05, 0.1) is 11.1 Å². The van der Waals surface area contributed by atoms with Gasteiger partial charge in [0.1, 0.15) is 22.7 Å². The lowest BCUT2D eigenvalue weighted by molar-refractivity contribution is -0.137. The van der Waals surface area contributed by atoms with Crippen LogP contribution in [-0.2, 0) is 23.8 Å². The largest absolute Gasteiger partial charge is 0.416 e. The van der Waals surface area contributed by atoms with Crippen molar-refractivity contribution in [2.45, 2.75) is 31.9 Å². The van der Waals surface area contributed by atoms with Crippen molar-refractivity contribution in [2.24, 2.45) is 0 Å². The van der Waals surface area contributed by atoms with Crippen molar-refractivity contribution >= 4 is 28.3 Å². The molecule has 0 saturated heterocycles. The third-order valence-corrected chi connectivity index (χ3v) is 5.61. The normalized spacial score (nSPS) is 14.0. The highest BCUT2D eigenvalue weighted by Crippen LogP contribution is 2.37. The van der Waals surface area contributed by atoms with E-state index in [0.29, 0.717) is 10.6 Å². The number of halogens is 3. The highest BCUT2D eigenvalue weighted by molar-refractivity contribution is 7.16. The van der Waals surface area contributed by atoms with Crippen LogP contribution in [0.3, 0.4) is 0 Å². The molecule has 0 radical (unpaired) electrons. The highest BCUT2D eigenvalue weighted by Gasteiger charge is 2.30. The summed E-state index contributed by atoms with van der Waals surface area (Å²) in [6.07, 6.45) is 0.196. The van der Waals surface area contributed by atoms with Crippen LogP contribution < -0.4 is 5.32 Å². The molecule has 142 valence electrons. The van der Waals surface area contributed by atoms with Gasteiger partial charge in [0.25, 0.3) is 5.91 Å². The minimum absolute atomic E-state index is 0.0903. The molecule has 0 spiro atoms. The summed E-state index contributed by atoms with van der Waals surface area (Å²) in [7, 11) is 0. The number of amides is 1. The molecule has 8 heteroatoms. The Labute approximate surface area is 163 Å². The van der Waals surface area contributed by atoms with Crippen molar-refractivity contribution in [1.29, 1.82) is 10.5 Å². The molecule has 1 N–H and O–H groups in total. The van der Waals surface area contributed by atoms with Gasteiger partial charge in [0.2, 0.25) is 0 Å². The zero-order chi connectivity index (χ0) is 20.3. The number of alkyl halides is 3. The van der Waals surface area contributed by atoms with Gasteiger partial charge in [0, 0.05) is 4.88 Å². The second kappa shape index (κ2) is 7.87. The molecule has 1 amide bonds. The Bertz CT molecular complexity index is 1040. The lowest BCUT2D eigenvalue weighted by atomic mass is 9.96. The van der Waals surface area contributed by atoms with Crippen molar-refractivity contribution in [3.8, 4) is 12.1 Å². The van der Waals surface area contributed by atoms with Crippen molar-refractivity contribution in [2.75, 3.05) is 5.32 Å². The summed E-state index contributed by atoms with van der Waals surface area (Å²) in [5.74, 6) is -0.755. The van der Waals surface area contributed by atoms with Gasteiger partial charge in [0.15, 0.2) is 0 Å². The molecule has 0 unspecified atom stereocenters. The number of rotatable bonds is 3. The second-order valence-corrected chi connectivity index (χ2v) is 7.38. The minimum Gasteiger partial charge on any atom is -0.312 e. The predicted molar refractivity (Wildman–Crippen MR) is 99.3 cm³/mol. The van der Waals surface area contributed by atoms with Gasteiger partial charge in [-0.1, -0.05) is 12.1 Å². The number of benzene rings is 1. The minimum atomic E-state index is -4.52. The van der Waals surface area contributed by atoms with Crippen LogP contribution >= 0.6 is 11.3 Å². The number of hydrogen-bond acceptors (Lipinski definition) is 4. The fourth-order valence-corrected chi connectivity index (χ4v) is 4.30. The summed E-state index contributed by atoms with van der Waals surface area (Å²) >= 11 is 1.32. The smallest absolute Gasteiger partial charge is 0.312 e. The molecule has 2 aromatic rings.